The van der Waals surface area contributed by atoms with Crippen molar-refractivity contribution in [1.82, 2.24) is 4.90 Å². The Balaban J connectivity index is 1.45. The van der Waals surface area contributed by atoms with Crippen LogP contribution in [0.25, 0.3) is 0 Å². The van der Waals surface area contributed by atoms with E-state index in [1.807, 2.05) is 0 Å². The minimum atomic E-state index is -0.150. The first-order valence-corrected chi connectivity index (χ1v) is 6.46. The number of allylic oxidation sites excluding steroid dienone is 2. The van der Waals surface area contributed by atoms with E-state index in [-0.39, 0.29) is 11.8 Å². The second kappa shape index (κ2) is 4.13. The Bertz CT molecular complexity index is 392. The zero-order valence-electron chi connectivity index (χ0n) is 9.84. The Morgan fingerprint density at radius 3 is 2.47 bits per heavy atom. The molecule has 0 N–H and O–H groups in total. The van der Waals surface area contributed by atoms with E-state index >= 15 is 0 Å². The third-order valence-electron chi connectivity index (χ3n) is 4.27. The molecule has 3 nitrogen and oxygen atoms in total. The van der Waals surface area contributed by atoms with Crippen LogP contribution in [0, 0.1) is 17.8 Å². The molecule has 0 saturated heterocycles. The maximum atomic E-state index is 11.3. The molecule has 0 spiro atoms. The molecule has 2 amide bonds. The zero-order valence-corrected chi connectivity index (χ0v) is 9.84. The van der Waals surface area contributed by atoms with E-state index in [1.165, 1.54) is 29.9 Å². The van der Waals surface area contributed by atoms with Gasteiger partial charge in [-0.25, -0.2) is 0 Å². The van der Waals surface area contributed by atoms with Crippen molar-refractivity contribution in [2.45, 2.75) is 25.7 Å². The molecule has 2 aliphatic carbocycles. The number of hydrogen-bond acceptors (Lipinski definition) is 2. The van der Waals surface area contributed by atoms with Crippen molar-refractivity contribution in [3.05, 3.63) is 24.3 Å². The predicted molar refractivity (Wildman–Crippen MR) is 63.9 cm³/mol. The van der Waals surface area contributed by atoms with E-state index in [1.54, 1.807) is 0 Å². The van der Waals surface area contributed by atoms with Crippen LogP contribution in [-0.4, -0.2) is 23.3 Å². The topological polar surface area (TPSA) is 37.4 Å². The van der Waals surface area contributed by atoms with E-state index in [4.69, 9.17) is 0 Å². The Morgan fingerprint density at radius 1 is 1.12 bits per heavy atom. The predicted octanol–water partition coefficient (Wildman–Crippen LogP) is 1.90. The third-order valence-corrected chi connectivity index (χ3v) is 4.27. The highest BCUT2D eigenvalue weighted by Crippen LogP contribution is 2.45. The Labute approximate surface area is 101 Å². The van der Waals surface area contributed by atoms with Gasteiger partial charge in [-0.1, -0.05) is 12.2 Å². The molecule has 1 saturated carbocycles. The van der Waals surface area contributed by atoms with Gasteiger partial charge in [-0.15, -0.1) is 0 Å². The molecule has 3 atom stereocenters. The maximum absolute atomic E-state index is 11.3. The maximum Gasteiger partial charge on any atom is 0.253 e. The molecule has 3 aliphatic rings. The number of carbonyl (C=O) groups is 2. The Hall–Kier alpha value is -1.38. The number of nitrogens with zero attached hydrogens (tertiary/aromatic N) is 1. The first-order chi connectivity index (χ1) is 8.24. The fourth-order valence-corrected chi connectivity index (χ4v) is 3.39. The number of rotatable bonds is 4. The van der Waals surface area contributed by atoms with Crippen LogP contribution in [-0.2, 0) is 9.59 Å². The molecule has 0 aromatic rings. The van der Waals surface area contributed by atoms with Gasteiger partial charge < -0.3 is 0 Å². The lowest BCUT2D eigenvalue weighted by molar-refractivity contribution is -0.136. The number of fused-ring (bicyclic) bond motifs is 2. The summed E-state index contributed by atoms with van der Waals surface area (Å²) < 4.78 is 0. The summed E-state index contributed by atoms with van der Waals surface area (Å²) in [6.07, 6.45) is 12.1. The second-order valence-electron chi connectivity index (χ2n) is 5.34. The van der Waals surface area contributed by atoms with Gasteiger partial charge in [-0.05, 0) is 43.4 Å². The van der Waals surface area contributed by atoms with Crippen molar-refractivity contribution < 1.29 is 9.59 Å². The summed E-state index contributed by atoms with van der Waals surface area (Å²) in [5.74, 6) is 2.06. The Morgan fingerprint density at radius 2 is 1.88 bits per heavy atom. The van der Waals surface area contributed by atoms with Gasteiger partial charge in [0.1, 0.15) is 0 Å². The summed E-state index contributed by atoms with van der Waals surface area (Å²) in [7, 11) is 0. The molecular formula is C14H17NO2. The summed E-state index contributed by atoms with van der Waals surface area (Å²) in [5, 5.41) is 0. The highest BCUT2D eigenvalue weighted by molar-refractivity contribution is 6.12. The van der Waals surface area contributed by atoms with Crippen molar-refractivity contribution in [1.29, 1.82) is 0 Å². The molecule has 1 aliphatic heterocycles. The van der Waals surface area contributed by atoms with Crippen molar-refractivity contribution >= 4 is 11.8 Å². The van der Waals surface area contributed by atoms with Crippen LogP contribution in [0.2, 0.25) is 0 Å². The van der Waals surface area contributed by atoms with Crippen LogP contribution < -0.4 is 0 Å². The standard InChI is InChI=1S/C14H17NO2/c16-13-5-6-14(17)15(13)7-1-2-11-8-10-3-4-12(11)9-10/h3-6,10-12H,1-2,7-9H2. The van der Waals surface area contributed by atoms with Gasteiger partial charge in [0.05, 0.1) is 0 Å². The largest absolute Gasteiger partial charge is 0.275 e. The Kier molecular flexibility index (Phi) is 2.61. The zero-order chi connectivity index (χ0) is 11.8. The van der Waals surface area contributed by atoms with Crippen LogP contribution in [0.5, 0.6) is 0 Å². The number of carbonyl (C=O) groups excluding carboxylic acids is 2. The molecule has 0 aromatic heterocycles. The summed E-state index contributed by atoms with van der Waals surface area (Å²) in [6, 6.07) is 0. The van der Waals surface area contributed by atoms with E-state index in [9.17, 15) is 9.59 Å². The van der Waals surface area contributed by atoms with E-state index in [0.29, 0.717) is 6.54 Å². The summed E-state index contributed by atoms with van der Waals surface area (Å²) >= 11 is 0. The average Bonchev–Trinajstić information content (AvgIpc) is 2.99. The van der Waals surface area contributed by atoms with Gasteiger partial charge in [0.15, 0.2) is 0 Å². The van der Waals surface area contributed by atoms with Crippen LogP contribution in [0.15, 0.2) is 24.3 Å². The van der Waals surface area contributed by atoms with Gasteiger partial charge >= 0.3 is 0 Å². The molecular weight excluding hydrogens is 214 g/mol. The first-order valence-electron chi connectivity index (χ1n) is 6.46. The molecule has 1 heterocycles. The minimum Gasteiger partial charge on any atom is -0.275 e. The molecule has 3 heteroatoms. The monoisotopic (exact) mass is 231 g/mol. The summed E-state index contributed by atoms with van der Waals surface area (Å²) in [4.78, 5) is 24.0. The van der Waals surface area contributed by atoms with E-state index < -0.39 is 0 Å². The molecule has 1 fully saturated rings. The highest BCUT2D eigenvalue weighted by atomic mass is 16.2. The lowest BCUT2D eigenvalue weighted by Crippen LogP contribution is -2.31. The molecule has 3 unspecified atom stereocenters. The van der Waals surface area contributed by atoms with Crippen LogP contribution in [0.3, 0.4) is 0 Å². The van der Waals surface area contributed by atoms with Gasteiger partial charge in [-0.3, -0.25) is 14.5 Å². The van der Waals surface area contributed by atoms with Crippen molar-refractivity contribution in [3.8, 4) is 0 Å². The number of amides is 2. The second-order valence-corrected chi connectivity index (χ2v) is 5.34. The fraction of sp³-hybridized carbons (Fsp3) is 0.571. The minimum absolute atomic E-state index is 0.150. The lowest BCUT2D eigenvalue weighted by atomic mass is 9.89. The SMILES string of the molecule is O=C1C=CC(=O)N1CCCC1CC2C=CC1C2. The molecule has 0 aromatic carbocycles. The summed E-state index contributed by atoms with van der Waals surface area (Å²) in [6.45, 7) is 0.586. The van der Waals surface area contributed by atoms with Gasteiger partial charge in [-0.2, -0.15) is 0 Å². The molecule has 90 valence electrons. The molecule has 0 radical (unpaired) electrons. The normalized spacial score (nSPS) is 34.4. The van der Waals surface area contributed by atoms with Gasteiger partial charge in [0.25, 0.3) is 11.8 Å². The number of hydrogen-bond donors (Lipinski definition) is 0. The van der Waals surface area contributed by atoms with Crippen LogP contribution in [0.1, 0.15) is 25.7 Å². The molecule has 2 bridgehead atoms. The first kappa shape index (κ1) is 10.8. The van der Waals surface area contributed by atoms with E-state index in [0.717, 1.165) is 30.6 Å². The highest BCUT2D eigenvalue weighted by Gasteiger charge is 2.35. The average molecular weight is 231 g/mol. The lowest BCUT2D eigenvalue weighted by Gasteiger charge is -2.19. The molecule has 17 heavy (non-hydrogen) atoms. The van der Waals surface area contributed by atoms with Crippen LogP contribution >= 0.6 is 0 Å². The summed E-state index contributed by atoms with van der Waals surface area (Å²) in [5.41, 5.74) is 0. The fourth-order valence-electron chi connectivity index (χ4n) is 3.39. The van der Waals surface area contributed by atoms with Crippen molar-refractivity contribution in [3.63, 3.8) is 0 Å². The van der Waals surface area contributed by atoms with Crippen LogP contribution in [0.4, 0.5) is 0 Å². The van der Waals surface area contributed by atoms with E-state index in [2.05, 4.69) is 12.2 Å². The quantitative estimate of drug-likeness (QED) is 0.547. The van der Waals surface area contributed by atoms with Crippen molar-refractivity contribution in [2.24, 2.45) is 17.8 Å². The van der Waals surface area contributed by atoms with Gasteiger partial charge in [0.2, 0.25) is 0 Å². The smallest absolute Gasteiger partial charge is 0.253 e. The molecule has 3 rings (SSSR count). The third kappa shape index (κ3) is 1.94. The van der Waals surface area contributed by atoms with Gasteiger partial charge in [0, 0.05) is 18.7 Å². The number of imide groups is 1. The van der Waals surface area contributed by atoms with Crippen molar-refractivity contribution in [2.75, 3.05) is 6.54 Å².